The summed E-state index contributed by atoms with van der Waals surface area (Å²) < 4.78 is 6.43. The standard InChI is InChI=1S/C23H21O.C22H25.C2H6Si.2ClH.Zr/c1-14-9-15(2)11-20(10-14)23-16(3)5-7-18-12-19(13-21(18)23)22-8-6-17(4)24-22;1-5-6-7-18-13-19-9-8-17(4)22(21(19)14-18)20-11-15(2)10-16(3)12-20;1-3-2;;;/h5-13H,1-4H3;8-14H,5-7H2,1-4H3;1-2H3;2*1H;/q;;;;;+2/p-2. The molecule has 0 fully saturated rings. The van der Waals surface area contributed by atoms with Gasteiger partial charge in [0.2, 0.25) is 0 Å². The molecule has 52 heavy (non-hydrogen) atoms. The Labute approximate surface area is 319 Å². The van der Waals surface area contributed by atoms with E-state index >= 15 is 0 Å². The van der Waals surface area contributed by atoms with E-state index in [1.807, 2.05) is 6.92 Å². The van der Waals surface area contributed by atoms with E-state index in [4.69, 9.17) is 21.4 Å². The van der Waals surface area contributed by atoms with Crippen molar-refractivity contribution in [2.45, 2.75) is 95.0 Å². The first-order chi connectivity index (χ1) is 24.6. The van der Waals surface area contributed by atoms with Gasteiger partial charge >= 0.3 is 322 Å². The molecule has 0 amide bonds. The number of furan rings is 1. The van der Waals surface area contributed by atoms with E-state index in [0.29, 0.717) is 0 Å². The molecule has 0 saturated carbocycles. The van der Waals surface area contributed by atoms with E-state index in [1.165, 1.54) is 83.5 Å². The van der Waals surface area contributed by atoms with Gasteiger partial charge in [-0.05, 0) is 0 Å². The molecule has 5 heteroatoms. The predicted molar refractivity (Wildman–Crippen MR) is 226 cm³/mol. The summed E-state index contributed by atoms with van der Waals surface area (Å²) in [6.45, 7) is 22.4. The van der Waals surface area contributed by atoms with Crippen LogP contribution in [0.5, 0.6) is 0 Å². The van der Waals surface area contributed by atoms with Crippen molar-refractivity contribution in [1.82, 2.24) is 0 Å². The molecule has 268 valence electrons. The van der Waals surface area contributed by atoms with Gasteiger partial charge in [0.15, 0.2) is 0 Å². The third kappa shape index (κ3) is 6.17. The van der Waals surface area contributed by atoms with Gasteiger partial charge in [0.25, 0.3) is 0 Å². The Morgan fingerprint density at radius 2 is 1.13 bits per heavy atom. The Kier molecular flexibility index (Phi) is 10.0. The zero-order chi connectivity index (χ0) is 37.3. The molecule has 2 atom stereocenters. The Morgan fingerprint density at radius 3 is 1.60 bits per heavy atom. The summed E-state index contributed by atoms with van der Waals surface area (Å²) in [4.78, 5) is 0. The quantitative estimate of drug-likeness (QED) is 0.142. The van der Waals surface area contributed by atoms with Crippen molar-refractivity contribution in [3.05, 3.63) is 146 Å². The normalized spacial score (nSPS) is 16.9. The van der Waals surface area contributed by atoms with Gasteiger partial charge in [0.1, 0.15) is 0 Å². The number of allylic oxidation sites excluding steroid dienone is 2. The number of halogens is 2. The van der Waals surface area contributed by atoms with Gasteiger partial charge in [-0.1, -0.05) is 0 Å². The first kappa shape index (κ1) is 37.6. The molecule has 1 nitrogen and oxygen atoms in total. The number of unbranched alkanes of at least 4 members (excludes halogenated alkanes) is 1. The zero-order valence-electron chi connectivity index (χ0n) is 32.5. The first-order valence-corrected chi connectivity index (χ1v) is 34.3. The number of aryl methyl sites for hydroxylation is 7. The van der Waals surface area contributed by atoms with Crippen molar-refractivity contribution in [3.63, 3.8) is 0 Å². The summed E-state index contributed by atoms with van der Waals surface area (Å²) in [6, 6.07) is 27.4. The van der Waals surface area contributed by atoms with Gasteiger partial charge in [0, 0.05) is 0 Å². The Morgan fingerprint density at radius 1 is 0.635 bits per heavy atom. The predicted octanol–water partition coefficient (Wildman–Crippen LogP) is 14.9. The van der Waals surface area contributed by atoms with Crippen molar-refractivity contribution < 1.29 is 19.4 Å². The average Bonchev–Trinajstić information content (AvgIpc) is 3.78. The molecule has 0 radical (unpaired) electrons. The Balaban J connectivity index is 1.55. The average molecular weight is 823 g/mol. The maximum atomic E-state index is 8.90. The van der Waals surface area contributed by atoms with E-state index < -0.39 is 20.4 Å². The van der Waals surface area contributed by atoms with Crippen LogP contribution in [0.25, 0.3) is 40.0 Å². The maximum absolute atomic E-state index is 8.90. The monoisotopic (exact) mass is 820 g/mol. The number of hydrogen-bond donors (Lipinski definition) is 0. The third-order valence-corrected chi connectivity index (χ3v) is 58.2. The van der Waals surface area contributed by atoms with Crippen LogP contribution in [-0.2, 0) is 15.0 Å². The summed E-state index contributed by atoms with van der Waals surface area (Å²) in [6.07, 6.45) is 8.16. The number of benzene rings is 4. The third-order valence-electron chi connectivity index (χ3n) is 11.8. The number of hydrogen-bond acceptors (Lipinski definition) is 1. The second-order valence-electron chi connectivity index (χ2n) is 16.1. The Hall–Kier alpha value is -2.68. The summed E-state index contributed by atoms with van der Waals surface area (Å²) in [7, 11) is 17.8. The minimum atomic E-state index is -5.15. The zero-order valence-corrected chi connectivity index (χ0v) is 37.5. The molecule has 2 unspecified atom stereocenters. The van der Waals surface area contributed by atoms with Crippen LogP contribution in [0, 0.1) is 48.5 Å². The second kappa shape index (κ2) is 13.9. The molecule has 0 spiro atoms. The summed E-state index contributed by atoms with van der Waals surface area (Å²) in [5, 5.41) is 0. The van der Waals surface area contributed by atoms with Crippen molar-refractivity contribution in [3.8, 4) is 22.3 Å². The van der Waals surface area contributed by atoms with Crippen LogP contribution in [-0.4, -0.2) is 5.43 Å². The van der Waals surface area contributed by atoms with Crippen molar-refractivity contribution in [2.75, 3.05) is 0 Å². The van der Waals surface area contributed by atoms with Crippen LogP contribution >= 0.6 is 17.0 Å². The molecular weight excluding hydrogens is 771 g/mol. The van der Waals surface area contributed by atoms with Crippen LogP contribution in [0.15, 0.2) is 82.8 Å². The van der Waals surface area contributed by atoms with E-state index in [2.05, 4.69) is 147 Å². The minimum absolute atomic E-state index is 0.00171. The van der Waals surface area contributed by atoms with Crippen LogP contribution < -0.4 is 0 Å². The van der Waals surface area contributed by atoms with Gasteiger partial charge in [-0.15, -0.1) is 0 Å². The first-order valence-electron chi connectivity index (χ1n) is 18.9. The molecule has 5 aromatic rings. The number of rotatable bonds is 8. The molecule has 0 N–H and O–H groups in total. The van der Waals surface area contributed by atoms with Gasteiger partial charge in [-0.3, -0.25) is 0 Å². The molecule has 0 bridgehead atoms. The van der Waals surface area contributed by atoms with Crippen LogP contribution in [0.1, 0.15) is 101 Å². The summed E-state index contributed by atoms with van der Waals surface area (Å²) in [5.74, 6) is 1.79. The molecular formula is C47H52Cl2OSiZr. The SMILES string of the molecule is CCCCC1=Cc2c(ccc(C)c2-c2cc(C)cc(C)c2)[CH]1[Zr]([Cl])([Cl])([CH]1C(c2ccc(C)o2)=Cc2c1ccc(C)c2-c1cc(C)cc(C)c1)=[Si](C)C. The molecule has 4 aromatic carbocycles. The van der Waals surface area contributed by atoms with Gasteiger partial charge in [-0.25, -0.2) is 0 Å². The van der Waals surface area contributed by atoms with Crippen molar-refractivity contribution >= 4 is 40.2 Å². The van der Waals surface area contributed by atoms with E-state index in [9.17, 15) is 0 Å². The second-order valence-corrected chi connectivity index (χ2v) is 54.9. The molecule has 0 aliphatic heterocycles. The molecule has 2 aliphatic carbocycles. The number of fused-ring (bicyclic) bond motifs is 2. The fourth-order valence-electron chi connectivity index (χ4n) is 9.52. The van der Waals surface area contributed by atoms with E-state index in [1.54, 1.807) is 0 Å². The molecule has 0 saturated heterocycles. The molecule has 1 heterocycles. The fraction of sp³-hybridized carbons (Fsp3) is 0.319. The summed E-state index contributed by atoms with van der Waals surface area (Å²) in [5.41, 5.74) is 19.3. The van der Waals surface area contributed by atoms with Gasteiger partial charge in [0.05, 0.1) is 0 Å². The van der Waals surface area contributed by atoms with E-state index in [-0.39, 0.29) is 7.25 Å². The van der Waals surface area contributed by atoms with E-state index in [0.717, 1.165) is 36.4 Å². The topological polar surface area (TPSA) is 13.1 Å². The molecule has 7 rings (SSSR count). The van der Waals surface area contributed by atoms with Crippen molar-refractivity contribution in [1.29, 1.82) is 0 Å². The molecule has 2 aliphatic rings. The van der Waals surface area contributed by atoms with Crippen LogP contribution in [0.3, 0.4) is 0 Å². The fourth-order valence-corrected chi connectivity index (χ4v) is 37.9. The van der Waals surface area contributed by atoms with Crippen LogP contribution in [0.2, 0.25) is 13.1 Å². The van der Waals surface area contributed by atoms with Gasteiger partial charge < -0.3 is 0 Å². The Bertz CT molecular complexity index is 2370. The van der Waals surface area contributed by atoms with Crippen molar-refractivity contribution in [2.24, 2.45) is 0 Å². The summed E-state index contributed by atoms with van der Waals surface area (Å²) >= 11 is -5.15. The molecule has 1 aromatic heterocycles. The van der Waals surface area contributed by atoms with Crippen LogP contribution in [0.4, 0.5) is 0 Å². The van der Waals surface area contributed by atoms with Gasteiger partial charge in [-0.2, -0.15) is 0 Å².